The Hall–Kier alpha value is -0.940. The fourth-order valence-corrected chi connectivity index (χ4v) is 5.00. The fraction of sp³-hybridized carbons (Fsp3) is 0.667. The van der Waals surface area contributed by atoms with Crippen molar-refractivity contribution in [3.63, 3.8) is 0 Å². The number of benzene rings is 1. The molecular formula is C21H36FIN4O2S. The number of sulfonamides is 1. The summed E-state index contributed by atoms with van der Waals surface area (Å²) in [5.74, 6) is 0.686. The highest BCUT2D eigenvalue weighted by Crippen LogP contribution is 2.24. The Morgan fingerprint density at radius 2 is 1.93 bits per heavy atom. The van der Waals surface area contributed by atoms with Crippen LogP contribution in [0.5, 0.6) is 0 Å². The number of guanidine groups is 1. The van der Waals surface area contributed by atoms with Crippen molar-refractivity contribution in [3.05, 3.63) is 35.6 Å². The van der Waals surface area contributed by atoms with Gasteiger partial charge in [-0.05, 0) is 43.9 Å². The predicted molar refractivity (Wildman–Crippen MR) is 133 cm³/mol. The van der Waals surface area contributed by atoms with E-state index in [9.17, 15) is 12.8 Å². The molecule has 30 heavy (non-hydrogen) atoms. The average Bonchev–Trinajstić information content (AvgIpc) is 2.67. The van der Waals surface area contributed by atoms with Gasteiger partial charge in [0, 0.05) is 31.1 Å². The second-order valence-corrected chi connectivity index (χ2v) is 10.3. The number of rotatable bonds is 8. The molecule has 6 nitrogen and oxygen atoms in total. The number of nitrogens with zero attached hydrogens (tertiary/aromatic N) is 2. The Morgan fingerprint density at radius 3 is 2.50 bits per heavy atom. The molecule has 0 atom stereocenters. The first kappa shape index (κ1) is 27.1. The van der Waals surface area contributed by atoms with Crippen LogP contribution in [-0.4, -0.2) is 56.7 Å². The molecule has 9 heteroatoms. The van der Waals surface area contributed by atoms with Crippen LogP contribution in [-0.2, 0) is 15.4 Å². The molecule has 1 fully saturated rings. The maximum atomic E-state index is 13.6. The first-order chi connectivity index (χ1) is 13.7. The highest BCUT2D eigenvalue weighted by atomic mass is 127. The topological polar surface area (TPSA) is 73.8 Å². The smallest absolute Gasteiger partial charge is 0.214 e. The second-order valence-electron chi connectivity index (χ2n) is 8.22. The van der Waals surface area contributed by atoms with Gasteiger partial charge in [0.05, 0.1) is 12.3 Å². The summed E-state index contributed by atoms with van der Waals surface area (Å²) >= 11 is 0. The standard InChI is InChI=1S/C21H35FN4O2S.HI/c1-5-14-29(27,28)26-12-10-19(11-13-26)25-20(23-6-2)24-16-21(3,4)17-8-7-9-18(22)15-17;/h7-9,15,19H,5-6,10-14,16H2,1-4H3,(H2,23,24,25);1H. The van der Waals surface area contributed by atoms with Gasteiger partial charge >= 0.3 is 0 Å². The highest BCUT2D eigenvalue weighted by Gasteiger charge is 2.28. The van der Waals surface area contributed by atoms with Gasteiger partial charge in [-0.25, -0.2) is 17.1 Å². The number of hydrogen-bond acceptors (Lipinski definition) is 3. The molecule has 0 aliphatic carbocycles. The molecular weight excluding hydrogens is 518 g/mol. The van der Waals surface area contributed by atoms with E-state index < -0.39 is 10.0 Å². The fourth-order valence-electron chi connectivity index (χ4n) is 3.46. The van der Waals surface area contributed by atoms with Gasteiger partial charge in [-0.2, -0.15) is 0 Å². The van der Waals surface area contributed by atoms with Gasteiger partial charge in [-0.3, -0.25) is 4.99 Å². The molecule has 0 unspecified atom stereocenters. The van der Waals surface area contributed by atoms with E-state index in [4.69, 9.17) is 4.99 Å². The molecule has 0 aromatic heterocycles. The van der Waals surface area contributed by atoms with Gasteiger partial charge in [0.2, 0.25) is 10.0 Å². The molecule has 1 aliphatic heterocycles. The largest absolute Gasteiger partial charge is 0.357 e. The highest BCUT2D eigenvalue weighted by molar-refractivity contribution is 14.0. The summed E-state index contributed by atoms with van der Waals surface area (Å²) in [6.07, 6.45) is 2.14. The minimum Gasteiger partial charge on any atom is -0.357 e. The van der Waals surface area contributed by atoms with Crippen LogP contribution in [0.2, 0.25) is 0 Å². The van der Waals surface area contributed by atoms with Gasteiger partial charge in [0.25, 0.3) is 0 Å². The lowest BCUT2D eigenvalue weighted by Crippen LogP contribution is -2.50. The lowest BCUT2D eigenvalue weighted by molar-refractivity contribution is 0.306. The number of aliphatic imine (C=N–C) groups is 1. The molecule has 0 radical (unpaired) electrons. The molecule has 0 saturated carbocycles. The Kier molecular flexibility index (Phi) is 11.0. The quantitative estimate of drug-likeness (QED) is 0.293. The first-order valence-corrected chi connectivity index (χ1v) is 12.1. The molecule has 0 amide bonds. The summed E-state index contributed by atoms with van der Waals surface area (Å²) in [7, 11) is -3.13. The van der Waals surface area contributed by atoms with Crippen LogP contribution < -0.4 is 10.6 Å². The summed E-state index contributed by atoms with van der Waals surface area (Å²) in [5.41, 5.74) is 0.605. The zero-order chi connectivity index (χ0) is 21.5. The van der Waals surface area contributed by atoms with E-state index in [2.05, 4.69) is 10.6 Å². The van der Waals surface area contributed by atoms with Gasteiger partial charge in [-0.15, -0.1) is 24.0 Å². The molecule has 2 N–H and O–H groups in total. The molecule has 2 rings (SSSR count). The zero-order valence-corrected chi connectivity index (χ0v) is 21.6. The lowest BCUT2D eigenvalue weighted by Gasteiger charge is -2.32. The van der Waals surface area contributed by atoms with Crippen molar-refractivity contribution in [2.75, 3.05) is 31.9 Å². The molecule has 1 aliphatic rings. The third-order valence-corrected chi connectivity index (χ3v) is 7.31. The third-order valence-electron chi connectivity index (χ3n) is 5.23. The number of piperidine rings is 1. The molecule has 0 bridgehead atoms. The van der Waals surface area contributed by atoms with Crippen LogP contribution in [0.25, 0.3) is 0 Å². The van der Waals surface area contributed by atoms with Crippen LogP contribution in [0, 0.1) is 5.82 Å². The Bertz CT molecular complexity index is 794. The summed E-state index contributed by atoms with van der Waals surface area (Å²) in [4.78, 5) is 4.72. The van der Waals surface area contributed by atoms with Crippen molar-refractivity contribution in [3.8, 4) is 0 Å². The van der Waals surface area contributed by atoms with E-state index in [0.717, 1.165) is 24.9 Å². The summed E-state index contributed by atoms with van der Waals surface area (Å²) in [6.45, 7) is 10.3. The van der Waals surface area contributed by atoms with Crippen molar-refractivity contribution < 1.29 is 12.8 Å². The monoisotopic (exact) mass is 554 g/mol. The van der Waals surface area contributed by atoms with Gasteiger partial charge < -0.3 is 10.6 Å². The SMILES string of the molecule is CCCS(=O)(=O)N1CCC(NC(=NCC(C)(C)c2cccc(F)c2)NCC)CC1.I. The van der Waals surface area contributed by atoms with E-state index in [1.165, 1.54) is 6.07 Å². The Balaban J connectivity index is 0.00000450. The van der Waals surface area contributed by atoms with Gasteiger partial charge in [0.15, 0.2) is 5.96 Å². The van der Waals surface area contributed by atoms with Crippen LogP contribution >= 0.6 is 24.0 Å². The zero-order valence-electron chi connectivity index (χ0n) is 18.4. The van der Waals surface area contributed by atoms with E-state index in [1.54, 1.807) is 16.4 Å². The van der Waals surface area contributed by atoms with Crippen molar-refractivity contribution in [2.45, 2.75) is 58.4 Å². The van der Waals surface area contributed by atoms with Crippen molar-refractivity contribution in [2.24, 2.45) is 4.99 Å². The Morgan fingerprint density at radius 1 is 1.27 bits per heavy atom. The molecule has 1 aromatic rings. The van der Waals surface area contributed by atoms with Crippen LogP contribution in [0.4, 0.5) is 4.39 Å². The molecule has 1 heterocycles. The minimum absolute atomic E-state index is 0. The van der Waals surface area contributed by atoms with Crippen molar-refractivity contribution >= 4 is 40.0 Å². The molecule has 1 saturated heterocycles. The van der Waals surface area contributed by atoms with Gasteiger partial charge in [0.1, 0.15) is 5.82 Å². The summed E-state index contributed by atoms with van der Waals surface area (Å²) in [5, 5.41) is 6.70. The van der Waals surface area contributed by atoms with E-state index >= 15 is 0 Å². The van der Waals surface area contributed by atoms with Crippen molar-refractivity contribution in [1.82, 2.24) is 14.9 Å². The normalized spacial score (nSPS) is 16.8. The maximum absolute atomic E-state index is 13.6. The van der Waals surface area contributed by atoms with Gasteiger partial charge in [-0.1, -0.05) is 32.9 Å². The molecule has 1 aromatic carbocycles. The maximum Gasteiger partial charge on any atom is 0.214 e. The Labute approximate surface area is 198 Å². The number of nitrogens with one attached hydrogen (secondary N) is 2. The molecule has 0 spiro atoms. The van der Waals surface area contributed by atoms with E-state index in [-0.39, 0.29) is 47.0 Å². The molecule has 172 valence electrons. The third kappa shape index (κ3) is 7.96. The number of halogens is 2. The predicted octanol–water partition coefficient (Wildman–Crippen LogP) is 3.48. The van der Waals surface area contributed by atoms with Crippen LogP contribution in [0.3, 0.4) is 0 Å². The number of hydrogen-bond donors (Lipinski definition) is 2. The average molecular weight is 555 g/mol. The van der Waals surface area contributed by atoms with E-state index in [0.29, 0.717) is 32.0 Å². The van der Waals surface area contributed by atoms with Crippen LogP contribution in [0.1, 0.15) is 52.5 Å². The first-order valence-electron chi connectivity index (χ1n) is 10.5. The summed E-state index contributed by atoms with van der Waals surface area (Å²) < 4.78 is 39.6. The lowest BCUT2D eigenvalue weighted by atomic mass is 9.85. The van der Waals surface area contributed by atoms with Crippen LogP contribution in [0.15, 0.2) is 29.3 Å². The summed E-state index contributed by atoms with van der Waals surface area (Å²) in [6, 6.07) is 6.83. The van der Waals surface area contributed by atoms with Crippen molar-refractivity contribution in [1.29, 1.82) is 0 Å². The minimum atomic E-state index is -3.13. The van der Waals surface area contributed by atoms with E-state index in [1.807, 2.05) is 33.8 Å². The second kappa shape index (κ2) is 12.2.